The van der Waals surface area contributed by atoms with Crippen LogP contribution >= 0.6 is 0 Å². The molecule has 0 radical (unpaired) electrons. The van der Waals surface area contributed by atoms with Crippen LogP contribution in [0, 0.1) is 0 Å². The van der Waals surface area contributed by atoms with Crippen LogP contribution < -0.4 is 0 Å². The van der Waals surface area contributed by atoms with Crippen molar-refractivity contribution in [1.82, 2.24) is 9.21 Å². The third kappa shape index (κ3) is 3.91. The molecule has 0 N–H and O–H groups in total. The van der Waals surface area contributed by atoms with Crippen molar-refractivity contribution < 1.29 is 17.6 Å². The molecule has 0 atom stereocenters. The first-order chi connectivity index (χ1) is 13.5. The third-order valence-electron chi connectivity index (χ3n) is 5.44. The Labute approximate surface area is 165 Å². The Balaban J connectivity index is 1.40. The van der Waals surface area contributed by atoms with Crippen molar-refractivity contribution in [1.29, 1.82) is 0 Å². The summed E-state index contributed by atoms with van der Waals surface area (Å²) in [5.74, 6) is 0.476. The van der Waals surface area contributed by atoms with Crippen molar-refractivity contribution in [2.75, 3.05) is 26.2 Å². The van der Waals surface area contributed by atoms with Gasteiger partial charge in [0, 0.05) is 32.3 Å². The summed E-state index contributed by atoms with van der Waals surface area (Å²) < 4.78 is 32.7. The molecule has 1 aliphatic heterocycles. The highest BCUT2D eigenvalue weighted by Crippen LogP contribution is 2.26. The van der Waals surface area contributed by atoms with Gasteiger partial charge in [-0.1, -0.05) is 6.07 Å². The molecule has 4 rings (SSSR count). The lowest BCUT2D eigenvalue weighted by Crippen LogP contribution is -2.50. The van der Waals surface area contributed by atoms with Crippen LogP contribution in [0.1, 0.15) is 29.7 Å². The SMILES string of the molecule is O=C(/C=C/c1ccco1)N1CCN(S(=O)(=O)c2ccc3c(c2)CCCC3)CC1. The van der Waals surface area contributed by atoms with Crippen molar-refractivity contribution in [2.45, 2.75) is 30.6 Å². The highest BCUT2D eigenvalue weighted by Gasteiger charge is 2.30. The van der Waals surface area contributed by atoms with Crippen molar-refractivity contribution in [3.8, 4) is 0 Å². The molecular weight excluding hydrogens is 376 g/mol. The summed E-state index contributed by atoms with van der Waals surface area (Å²) in [4.78, 5) is 14.3. The van der Waals surface area contributed by atoms with E-state index < -0.39 is 10.0 Å². The lowest BCUT2D eigenvalue weighted by molar-refractivity contribution is -0.127. The Morgan fingerprint density at radius 1 is 1.00 bits per heavy atom. The number of fused-ring (bicyclic) bond motifs is 1. The Hall–Kier alpha value is -2.38. The minimum Gasteiger partial charge on any atom is -0.465 e. The molecule has 1 amide bonds. The number of aryl methyl sites for hydroxylation is 2. The Bertz CT molecular complexity index is 972. The number of carbonyl (C=O) groups excluding carboxylic acids is 1. The maximum Gasteiger partial charge on any atom is 0.246 e. The van der Waals surface area contributed by atoms with E-state index in [1.165, 1.54) is 22.4 Å². The van der Waals surface area contributed by atoms with Gasteiger partial charge in [-0.2, -0.15) is 4.31 Å². The molecule has 28 heavy (non-hydrogen) atoms. The van der Waals surface area contributed by atoms with Gasteiger partial charge >= 0.3 is 0 Å². The summed E-state index contributed by atoms with van der Waals surface area (Å²) in [6.45, 7) is 1.37. The van der Waals surface area contributed by atoms with Gasteiger partial charge < -0.3 is 9.32 Å². The monoisotopic (exact) mass is 400 g/mol. The summed E-state index contributed by atoms with van der Waals surface area (Å²) in [7, 11) is -3.53. The number of benzene rings is 1. The molecule has 7 heteroatoms. The van der Waals surface area contributed by atoms with E-state index >= 15 is 0 Å². The van der Waals surface area contributed by atoms with Crippen LogP contribution in [0.5, 0.6) is 0 Å². The number of amides is 1. The molecule has 1 aromatic carbocycles. The molecule has 2 heterocycles. The molecule has 2 aliphatic rings. The minimum atomic E-state index is -3.53. The fourth-order valence-electron chi connectivity index (χ4n) is 3.81. The van der Waals surface area contributed by atoms with Gasteiger partial charge in [0.05, 0.1) is 11.2 Å². The standard InChI is InChI=1S/C21H24N2O4S/c24-21(10-8-19-6-3-15-27-19)22-11-13-23(14-12-22)28(25,26)20-9-7-17-4-1-2-5-18(17)16-20/h3,6-10,15-16H,1-2,4-5,11-14H2/b10-8+. The van der Waals surface area contributed by atoms with Gasteiger partial charge in [0.15, 0.2) is 0 Å². The van der Waals surface area contributed by atoms with Crippen LogP contribution in [-0.2, 0) is 27.7 Å². The molecule has 0 saturated carbocycles. The predicted octanol–water partition coefficient (Wildman–Crippen LogP) is 2.70. The Morgan fingerprint density at radius 3 is 2.46 bits per heavy atom. The van der Waals surface area contributed by atoms with E-state index in [0.29, 0.717) is 36.8 Å². The summed E-state index contributed by atoms with van der Waals surface area (Å²) >= 11 is 0. The van der Waals surface area contributed by atoms with E-state index in [-0.39, 0.29) is 5.91 Å². The van der Waals surface area contributed by atoms with Crippen LogP contribution in [0.2, 0.25) is 0 Å². The van der Waals surface area contributed by atoms with Gasteiger partial charge in [0.25, 0.3) is 0 Å². The normalized spacial score (nSPS) is 18.4. The molecule has 0 unspecified atom stereocenters. The van der Waals surface area contributed by atoms with Gasteiger partial charge in [0.1, 0.15) is 5.76 Å². The van der Waals surface area contributed by atoms with Crippen LogP contribution in [0.3, 0.4) is 0 Å². The summed E-state index contributed by atoms with van der Waals surface area (Å²) in [6, 6.07) is 9.05. The van der Waals surface area contributed by atoms with E-state index in [1.54, 1.807) is 35.4 Å². The zero-order chi connectivity index (χ0) is 19.6. The quantitative estimate of drug-likeness (QED) is 0.740. The number of nitrogens with zero attached hydrogens (tertiary/aromatic N) is 2. The smallest absolute Gasteiger partial charge is 0.246 e. The van der Waals surface area contributed by atoms with Crippen LogP contribution in [-0.4, -0.2) is 49.7 Å². The molecule has 6 nitrogen and oxygen atoms in total. The lowest BCUT2D eigenvalue weighted by Gasteiger charge is -2.33. The highest BCUT2D eigenvalue weighted by atomic mass is 32.2. The number of hydrogen-bond donors (Lipinski definition) is 0. The van der Waals surface area contributed by atoms with Gasteiger partial charge in [-0.15, -0.1) is 0 Å². The summed E-state index contributed by atoms with van der Waals surface area (Å²) in [5, 5.41) is 0. The van der Waals surface area contributed by atoms with E-state index in [9.17, 15) is 13.2 Å². The van der Waals surface area contributed by atoms with Gasteiger partial charge in [-0.25, -0.2) is 8.42 Å². The molecular formula is C21H24N2O4S. The zero-order valence-electron chi connectivity index (χ0n) is 15.7. The van der Waals surface area contributed by atoms with Gasteiger partial charge in [-0.05, 0) is 67.2 Å². The molecule has 0 bridgehead atoms. The fourth-order valence-corrected chi connectivity index (χ4v) is 5.29. The van der Waals surface area contributed by atoms with Crippen LogP contribution in [0.15, 0.2) is 52.0 Å². The molecule has 148 valence electrons. The van der Waals surface area contributed by atoms with Crippen molar-refractivity contribution in [3.05, 3.63) is 59.6 Å². The molecule has 1 fully saturated rings. The zero-order valence-corrected chi connectivity index (χ0v) is 16.5. The second kappa shape index (κ2) is 7.93. The third-order valence-corrected chi connectivity index (χ3v) is 7.34. The maximum atomic E-state index is 13.0. The molecule has 2 aromatic rings. The number of piperazine rings is 1. The molecule has 1 aliphatic carbocycles. The van der Waals surface area contributed by atoms with Gasteiger partial charge in [0.2, 0.25) is 15.9 Å². The van der Waals surface area contributed by atoms with E-state index in [0.717, 1.165) is 24.8 Å². The van der Waals surface area contributed by atoms with E-state index in [4.69, 9.17) is 4.42 Å². The number of sulfonamides is 1. The topological polar surface area (TPSA) is 70.8 Å². The molecule has 0 spiro atoms. The largest absolute Gasteiger partial charge is 0.465 e. The van der Waals surface area contributed by atoms with Crippen molar-refractivity contribution >= 4 is 22.0 Å². The summed E-state index contributed by atoms with van der Waals surface area (Å²) in [6.07, 6.45) is 8.90. The van der Waals surface area contributed by atoms with E-state index in [2.05, 4.69) is 0 Å². The second-order valence-electron chi connectivity index (χ2n) is 7.22. The molecule has 1 aromatic heterocycles. The second-order valence-corrected chi connectivity index (χ2v) is 9.15. The number of hydrogen-bond acceptors (Lipinski definition) is 4. The summed E-state index contributed by atoms with van der Waals surface area (Å²) in [5.41, 5.74) is 2.42. The van der Waals surface area contributed by atoms with Crippen LogP contribution in [0.25, 0.3) is 6.08 Å². The highest BCUT2D eigenvalue weighted by molar-refractivity contribution is 7.89. The van der Waals surface area contributed by atoms with E-state index in [1.807, 2.05) is 12.1 Å². The maximum absolute atomic E-state index is 13.0. The predicted molar refractivity (Wildman–Crippen MR) is 106 cm³/mol. The lowest BCUT2D eigenvalue weighted by atomic mass is 9.92. The average molecular weight is 401 g/mol. The first kappa shape index (κ1) is 19.0. The number of rotatable bonds is 4. The minimum absolute atomic E-state index is 0.137. The Morgan fingerprint density at radius 2 is 1.75 bits per heavy atom. The van der Waals surface area contributed by atoms with Crippen LogP contribution in [0.4, 0.5) is 0 Å². The Kier molecular flexibility index (Phi) is 5.37. The van der Waals surface area contributed by atoms with Gasteiger partial charge in [-0.3, -0.25) is 4.79 Å². The first-order valence-corrected chi connectivity index (χ1v) is 11.1. The van der Waals surface area contributed by atoms with Crippen molar-refractivity contribution in [2.24, 2.45) is 0 Å². The number of furan rings is 1. The van der Waals surface area contributed by atoms with Crippen molar-refractivity contribution in [3.63, 3.8) is 0 Å². The fraction of sp³-hybridized carbons (Fsp3) is 0.381. The first-order valence-electron chi connectivity index (χ1n) is 9.66. The number of carbonyl (C=O) groups is 1. The average Bonchev–Trinajstić information content (AvgIpc) is 3.25. The molecule has 1 saturated heterocycles.